The highest BCUT2D eigenvalue weighted by molar-refractivity contribution is 6.48. The monoisotopic (exact) mass is 335 g/mol. The van der Waals surface area contributed by atoms with Crippen molar-refractivity contribution in [2.24, 2.45) is 5.41 Å². The Morgan fingerprint density at radius 2 is 1.85 bits per heavy atom. The van der Waals surface area contributed by atoms with Crippen molar-refractivity contribution in [3.05, 3.63) is 32.8 Å². The van der Waals surface area contributed by atoms with E-state index in [0.29, 0.717) is 15.1 Å². The summed E-state index contributed by atoms with van der Waals surface area (Å²) >= 11 is 18.3. The molecule has 1 unspecified atom stereocenters. The second-order valence-corrected chi connectivity index (χ2v) is 6.95. The fourth-order valence-corrected chi connectivity index (χ4v) is 3.13. The summed E-state index contributed by atoms with van der Waals surface area (Å²) in [7, 11) is 0. The third kappa shape index (κ3) is 3.80. The van der Waals surface area contributed by atoms with Crippen LogP contribution in [0.1, 0.15) is 38.3 Å². The largest absolute Gasteiger partial charge is 0.381 e. The number of hydrogen-bond donors (Lipinski definition) is 1. The van der Waals surface area contributed by atoms with Crippen molar-refractivity contribution in [1.29, 1.82) is 0 Å². The molecule has 0 spiro atoms. The first-order valence-electron chi connectivity index (χ1n) is 6.87. The molecule has 0 radical (unpaired) electrons. The van der Waals surface area contributed by atoms with Crippen LogP contribution in [-0.4, -0.2) is 19.8 Å². The van der Waals surface area contributed by atoms with Gasteiger partial charge in [0.05, 0.1) is 15.1 Å². The number of benzene rings is 1. The molecule has 20 heavy (non-hydrogen) atoms. The predicted molar refractivity (Wildman–Crippen MR) is 86.0 cm³/mol. The molecule has 5 heteroatoms. The van der Waals surface area contributed by atoms with Gasteiger partial charge in [0.1, 0.15) is 0 Å². The normalized spacial score (nSPS) is 19.9. The van der Waals surface area contributed by atoms with Crippen molar-refractivity contribution in [3.63, 3.8) is 0 Å². The predicted octanol–water partition coefficient (Wildman–Crippen LogP) is 5.11. The lowest BCUT2D eigenvalue weighted by molar-refractivity contribution is 0.0231. The van der Waals surface area contributed by atoms with Gasteiger partial charge < -0.3 is 10.1 Å². The highest BCUT2D eigenvalue weighted by atomic mass is 35.5. The van der Waals surface area contributed by atoms with E-state index in [-0.39, 0.29) is 11.5 Å². The van der Waals surface area contributed by atoms with Gasteiger partial charge in [-0.2, -0.15) is 0 Å². The zero-order valence-electron chi connectivity index (χ0n) is 11.8. The van der Waals surface area contributed by atoms with E-state index in [4.69, 9.17) is 39.5 Å². The first-order valence-corrected chi connectivity index (χ1v) is 8.01. The molecule has 1 fully saturated rings. The molecule has 1 aliphatic heterocycles. The van der Waals surface area contributed by atoms with Gasteiger partial charge >= 0.3 is 0 Å². The third-order valence-corrected chi connectivity index (χ3v) is 5.37. The maximum absolute atomic E-state index is 6.27. The highest BCUT2D eigenvalue weighted by Gasteiger charge is 2.28. The van der Waals surface area contributed by atoms with Gasteiger partial charge in [0.15, 0.2) is 0 Å². The summed E-state index contributed by atoms with van der Waals surface area (Å²) in [4.78, 5) is 0. The summed E-state index contributed by atoms with van der Waals surface area (Å²) in [5.41, 5.74) is 1.27. The Morgan fingerprint density at radius 1 is 1.20 bits per heavy atom. The lowest BCUT2D eigenvalue weighted by Crippen LogP contribution is -2.37. The van der Waals surface area contributed by atoms with Gasteiger partial charge in [-0.05, 0) is 36.8 Å². The highest BCUT2D eigenvalue weighted by Crippen LogP contribution is 2.36. The molecule has 0 aliphatic carbocycles. The minimum Gasteiger partial charge on any atom is -0.381 e. The number of rotatable bonds is 4. The smallest absolute Gasteiger partial charge is 0.0781 e. The van der Waals surface area contributed by atoms with E-state index < -0.39 is 0 Å². The minimum absolute atomic E-state index is 0.136. The van der Waals surface area contributed by atoms with Gasteiger partial charge in [-0.15, -0.1) is 0 Å². The van der Waals surface area contributed by atoms with Crippen LogP contribution in [0.5, 0.6) is 0 Å². The molecule has 0 bridgehead atoms. The van der Waals surface area contributed by atoms with Gasteiger partial charge in [-0.1, -0.05) is 47.8 Å². The number of nitrogens with one attached hydrogen (secondary N) is 1. The molecule has 1 aromatic rings. The lowest BCUT2D eigenvalue weighted by Gasteiger charge is -2.35. The lowest BCUT2D eigenvalue weighted by atomic mass is 9.82. The van der Waals surface area contributed by atoms with Crippen molar-refractivity contribution in [3.8, 4) is 0 Å². The van der Waals surface area contributed by atoms with E-state index >= 15 is 0 Å². The maximum Gasteiger partial charge on any atom is 0.0781 e. The van der Waals surface area contributed by atoms with Gasteiger partial charge in [-0.25, -0.2) is 0 Å². The summed E-state index contributed by atoms with van der Waals surface area (Å²) in [6, 6.07) is 3.86. The number of halogens is 3. The molecule has 2 nitrogen and oxygen atoms in total. The summed E-state index contributed by atoms with van der Waals surface area (Å²) < 4.78 is 5.42. The summed E-state index contributed by atoms with van der Waals surface area (Å²) in [6.45, 7) is 7.02. The Kier molecular flexibility index (Phi) is 5.61. The summed E-state index contributed by atoms with van der Waals surface area (Å²) in [6.07, 6.45) is 2.17. The third-order valence-electron chi connectivity index (χ3n) is 4.07. The molecule has 2 rings (SSSR count). The molecule has 1 atom stereocenters. The van der Waals surface area contributed by atoms with E-state index in [1.165, 1.54) is 0 Å². The average molecular weight is 337 g/mol. The van der Waals surface area contributed by atoms with Crippen molar-refractivity contribution >= 4 is 34.8 Å². The van der Waals surface area contributed by atoms with E-state index in [1.54, 1.807) is 6.07 Å². The Balaban J connectivity index is 2.01. The quantitative estimate of drug-likeness (QED) is 0.771. The zero-order valence-corrected chi connectivity index (χ0v) is 14.1. The molecule has 1 heterocycles. The Labute approximate surface area is 135 Å². The van der Waals surface area contributed by atoms with Crippen LogP contribution in [0.15, 0.2) is 12.1 Å². The van der Waals surface area contributed by atoms with Crippen LogP contribution in [0.25, 0.3) is 0 Å². The summed E-state index contributed by atoms with van der Waals surface area (Å²) in [5.74, 6) is 0. The molecule has 0 aromatic heterocycles. The number of hydrogen-bond acceptors (Lipinski definition) is 2. The fourth-order valence-electron chi connectivity index (χ4n) is 2.43. The van der Waals surface area contributed by atoms with Crippen molar-refractivity contribution in [2.45, 2.75) is 32.7 Å². The second-order valence-electron chi connectivity index (χ2n) is 5.79. The molecule has 0 saturated carbocycles. The summed E-state index contributed by atoms with van der Waals surface area (Å²) in [5, 5.41) is 5.01. The van der Waals surface area contributed by atoms with Gasteiger partial charge in [0, 0.05) is 25.8 Å². The van der Waals surface area contributed by atoms with Gasteiger partial charge in [-0.3, -0.25) is 0 Å². The van der Waals surface area contributed by atoms with E-state index in [0.717, 1.165) is 38.2 Å². The van der Waals surface area contributed by atoms with Crippen LogP contribution in [0.2, 0.25) is 15.1 Å². The topological polar surface area (TPSA) is 21.3 Å². The first-order chi connectivity index (χ1) is 9.43. The van der Waals surface area contributed by atoms with E-state index in [1.807, 2.05) is 6.07 Å². The van der Waals surface area contributed by atoms with Crippen molar-refractivity contribution < 1.29 is 4.74 Å². The van der Waals surface area contributed by atoms with Crippen LogP contribution in [0.3, 0.4) is 0 Å². The molecular formula is C15H20Cl3NO. The van der Waals surface area contributed by atoms with Crippen LogP contribution >= 0.6 is 34.8 Å². The standard InChI is InChI=1S/C15H20Cl3NO/c1-10(11-3-4-12(16)14(18)13(11)17)19-9-15(2)5-7-20-8-6-15/h3-4,10,19H,5-9H2,1-2H3. The van der Waals surface area contributed by atoms with Crippen LogP contribution in [0, 0.1) is 5.41 Å². The van der Waals surface area contributed by atoms with Crippen molar-refractivity contribution in [2.75, 3.05) is 19.8 Å². The average Bonchev–Trinajstić information content (AvgIpc) is 2.43. The van der Waals surface area contributed by atoms with Crippen LogP contribution < -0.4 is 5.32 Å². The Hall–Kier alpha value is 0.01000. The van der Waals surface area contributed by atoms with Crippen LogP contribution in [-0.2, 0) is 4.74 Å². The molecule has 1 aromatic carbocycles. The molecule has 0 amide bonds. The van der Waals surface area contributed by atoms with Gasteiger partial charge in [0.25, 0.3) is 0 Å². The van der Waals surface area contributed by atoms with Gasteiger partial charge in [0.2, 0.25) is 0 Å². The van der Waals surface area contributed by atoms with Crippen molar-refractivity contribution in [1.82, 2.24) is 5.32 Å². The SMILES string of the molecule is CC(NCC1(C)CCOCC1)c1ccc(Cl)c(Cl)c1Cl. The molecular weight excluding hydrogens is 317 g/mol. The van der Waals surface area contributed by atoms with E-state index in [9.17, 15) is 0 Å². The van der Waals surface area contributed by atoms with Crippen LogP contribution in [0.4, 0.5) is 0 Å². The molecule has 1 aliphatic rings. The second kappa shape index (κ2) is 6.85. The maximum atomic E-state index is 6.27. The van der Waals surface area contributed by atoms with E-state index in [2.05, 4.69) is 19.2 Å². The fraction of sp³-hybridized carbons (Fsp3) is 0.600. The number of ether oxygens (including phenoxy) is 1. The zero-order chi connectivity index (χ0) is 14.8. The molecule has 1 N–H and O–H groups in total. The molecule has 112 valence electrons. The molecule has 1 saturated heterocycles. The first kappa shape index (κ1) is 16.4. The minimum atomic E-state index is 0.136. The Morgan fingerprint density at radius 3 is 2.50 bits per heavy atom. The Bertz CT molecular complexity index is 472.